The number of benzene rings is 2. The van der Waals surface area contributed by atoms with Crippen LogP contribution in [0.25, 0.3) is 0 Å². The maximum Gasteiger partial charge on any atom is 0.323 e. The molecule has 0 aromatic heterocycles. The Labute approximate surface area is 159 Å². The SMILES string of the molecule is CCOC(=O)C(N)Cc1ccc(OC)c(COc2ccc(C)cc2Cl)c1. The van der Waals surface area contributed by atoms with E-state index < -0.39 is 12.0 Å². The van der Waals surface area contributed by atoms with Crippen LogP contribution in [0.3, 0.4) is 0 Å². The molecule has 0 saturated carbocycles. The summed E-state index contributed by atoms with van der Waals surface area (Å²) in [4.78, 5) is 11.7. The molecule has 0 aliphatic rings. The van der Waals surface area contributed by atoms with Crippen molar-refractivity contribution in [1.29, 1.82) is 0 Å². The number of aryl methyl sites for hydroxylation is 1. The lowest BCUT2D eigenvalue weighted by atomic mass is 10.0. The smallest absolute Gasteiger partial charge is 0.323 e. The molecule has 5 nitrogen and oxygen atoms in total. The van der Waals surface area contributed by atoms with Gasteiger partial charge in [0.2, 0.25) is 0 Å². The Morgan fingerprint density at radius 2 is 1.92 bits per heavy atom. The highest BCUT2D eigenvalue weighted by Gasteiger charge is 2.16. The predicted octanol–water partition coefficient (Wildman–Crippen LogP) is 3.67. The summed E-state index contributed by atoms with van der Waals surface area (Å²) < 4.78 is 16.2. The number of hydrogen-bond acceptors (Lipinski definition) is 5. The molecular formula is C20H24ClNO4. The minimum Gasteiger partial charge on any atom is -0.496 e. The zero-order chi connectivity index (χ0) is 19.1. The van der Waals surface area contributed by atoms with Gasteiger partial charge >= 0.3 is 5.97 Å². The Morgan fingerprint density at radius 1 is 1.19 bits per heavy atom. The summed E-state index contributed by atoms with van der Waals surface area (Å²) in [6.45, 7) is 4.32. The molecule has 0 bridgehead atoms. The van der Waals surface area contributed by atoms with E-state index in [4.69, 9.17) is 31.5 Å². The summed E-state index contributed by atoms with van der Waals surface area (Å²) in [7, 11) is 1.60. The first-order valence-corrected chi connectivity index (χ1v) is 8.79. The summed E-state index contributed by atoms with van der Waals surface area (Å²) >= 11 is 6.21. The van der Waals surface area contributed by atoms with Crippen molar-refractivity contribution in [3.63, 3.8) is 0 Å². The normalized spacial score (nSPS) is 11.7. The van der Waals surface area contributed by atoms with Crippen molar-refractivity contribution in [1.82, 2.24) is 0 Å². The van der Waals surface area contributed by atoms with Gasteiger partial charge in [0.05, 0.1) is 18.7 Å². The standard InChI is InChI=1S/C20H24ClNO4/c1-4-25-20(23)17(22)11-14-6-8-18(24-3)15(10-14)12-26-19-7-5-13(2)9-16(19)21/h5-10,17H,4,11-12,22H2,1-3H3. The van der Waals surface area contributed by atoms with Gasteiger partial charge in [0.15, 0.2) is 0 Å². The molecule has 6 heteroatoms. The molecule has 2 aromatic carbocycles. The molecule has 0 heterocycles. The highest BCUT2D eigenvalue weighted by molar-refractivity contribution is 6.32. The number of esters is 1. The Hall–Kier alpha value is -2.24. The van der Waals surface area contributed by atoms with E-state index in [-0.39, 0.29) is 6.61 Å². The van der Waals surface area contributed by atoms with Gasteiger partial charge in [-0.15, -0.1) is 0 Å². The molecule has 26 heavy (non-hydrogen) atoms. The predicted molar refractivity (Wildman–Crippen MR) is 102 cm³/mol. The summed E-state index contributed by atoms with van der Waals surface area (Å²) in [6, 6.07) is 10.5. The Bertz CT molecular complexity index is 763. The summed E-state index contributed by atoms with van der Waals surface area (Å²) in [6.07, 6.45) is 0.376. The zero-order valence-corrected chi connectivity index (χ0v) is 16.0. The Balaban J connectivity index is 2.12. The Kier molecular flexibility index (Phi) is 7.30. The van der Waals surface area contributed by atoms with Crippen LogP contribution in [0, 0.1) is 6.92 Å². The minimum atomic E-state index is -0.705. The monoisotopic (exact) mass is 377 g/mol. The number of methoxy groups -OCH3 is 1. The fraction of sp³-hybridized carbons (Fsp3) is 0.350. The van der Waals surface area contributed by atoms with E-state index in [0.717, 1.165) is 16.7 Å². The molecule has 1 unspecified atom stereocenters. The molecule has 2 N–H and O–H groups in total. The van der Waals surface area contributed by atoms with Crippen molar-refractivity contribution in [3.8, 4) is 11.5 Å². The van der Waals surface area contributed by atoms with Crippen LogP contribution in [0.15, 0.2) is 36.4 Å². The third-order valence-corrected chi connectivity index (χ3v) is 4.16. The van der Waals surface area contributed by atoms with Crippen molar-refractivity contribution in [2.45, 2.75) is 32.9 Å². The van der Waals surface area contributed by atoms with E-state index in [1.807, 2.05) is 43.3 Å². The fourth-order valence-corrected chi connectivity index (χ4v) is 2.83. The van der Waals surface area contributed by atoms with Gasteiger partial charge in [0, 0.05) is 5.56 Å². The van der Waals surface area contributed by atoms with Crippen LogP contribution >= 0.6 is 11.6 Å². The zero-order valence-electron chi connectivity index (χ0n) is 15.3. The molecule has 2 aromatic rings. The van der Waals surface area contributed by atoms with E-state index in [2.05, 4.69) is 0 Å². The molecule has 140 valence electrons. The van der Waals surface area contributed by atoms with Gasteiger partial charge in [-0.25, -0.2) is 0 Å². The number of halogens is 1. The second-order valence-electron chi connectivity index (χ2n) is 5.93. The number of ether oxygens (including phenoxy) is 3. The lowest BCUT2D eigenvalue weighted by Crippen LogP contribution is -2.34. The van der Waals surface area contributed by atoms with Gasteiger partial charge in [0.1, 0.15) is 24.1 Å². The Morgan fingerprint density at radius 3 is 2.58 bits per heavy atom. The number of nitrogens with two attached hydrogens (primary N) is 1. The maximum atomic E-state index is 11.7. The van der Waals surface area contributed by atoms with Crippen molar-refractivity contribution < 1.29 is 19.0 Å². The lowest BCUT2D eigenvalue weighted by Gasteiger charge is -2.15. The first-order valence-electron chi connectivity index (χ1n) is 8.41. The molecule has 2 rings (SSSR count). The average molecular weight is 378 g/mol. The van der Waals surface area contributed by atoms with E-state index in [9.17, 15) is 4.79 Å². The highest BCUT2D eigenvalue weighted by Crippen LogP contribution is 2.28. The molecule has 1 atom stereocenters. The van der Waals surface area contributed by atoms with Gasteiger partial charge in [-0.1, -0.05) is 23.7 Å². The number of carbonyl (C=O) groups excluding carboxylic acids is 1. The fourth-order valence-electron chi connectivity index (χ4n) is 2.54. The van der Waals surface area contributed by atoms with Crippen LogP contribution in [-0.4, -0.2) is 25.7 Å². The number of carbonyl (C=O) groups is 1. The molecule has 0 fully saturated rings. The largest absolute Gasteiger partial charge is 0.496 e. The van der Waals surface area contributed by atoms with Crippen LogP contribution in [-0.2, 0) is 22.6 Å². The van der Waals surface area contributed by atoms with E-state index in [0.29, 0.717) is 29.5 Å². The van der Waals surface area contributed by atoms with Gasteiger partial charge < -0.3 is 19.9 Å². The topological polar surface area (TPSA) is 70.8 Å². The lowest BCUT2D eigenvalue weighted by molar-refractivity contribution is -0.144. The summed E-state index contributed by atoms with van der Waals surface area (Å²) in [5, 5.41) is 0.560. The molecule has 0 saturated heterocycles. The van der Waals surface area contributed by atoms with Gasteiger partial charge in [0.25, 0.3) is 0 Å². The van der Waals surface area contributed by atoms with Crippen LogP contribution in [0.5, 0.6) is 11.5 Å². The first-order chi connectivity index (χ1) is 12.4. The second-order valence-corrected chi connectivity index (χ2v) is 6.34. The summed E-state index contributed by atoms with van der Waals surface area (Å²) in [5.74, 6) is 0.891. The molecule has 0 amide bonds. The van der Waals surface area contributed by atoms with Gasteiger partial charge in [-0.3, -0.25) is 4.79 Å². The molecule has 0 spiro atoms. The van der Waals surface area contributed by atoms with Crippen LogP contribution in [0.1, 0.15) is 23.6 Å². The third-order valence-electron chi connectivity index (χ3n) is 3.86. The maximum absolute atomic E-state index is 11.7. The minimum absolute atomic E-state index is 0.286. The highest BCUT2D eigenvalue weighted by atomic mass is 35.5. The average Bonchev–Trinajstić information content (AvgIpc) is 2.61. The molecule has 0 aliphatic heterocycles. The summed E-state index contributed by atoms with van der Waals surface area (Å²) in [5.41, 5.74) is 8.71. The second kappa shape index (κ2) is 9.46. The van der Waals surface area contributed by atoms with Crippen molar-refractivity contribution in [2.24, 2.45) is 5.73 Å². The molecule has 0 radical (unpaired) electrons. The van der Waals surface area contributed by atoms with Crippen molar-refractivity contribution >= 4 is 17.6 Å². The van der Waals surface area contributed by atoms with E-state index in [1.165, 1.54) is 0 Å². The van der Waals surface area contributed by atoms with Crippen molar-refractivity contribution in [2.75, 3.05) is 13.7 Å². The van der Waals surface area contributed by atoms with Crippen LogP contribution in [0.2, 0.25) is 5.02 Å². The number of rotatable bonds is 8. The van der Waals surface area contributed by atoms with Gasteiger partial charge in [-0.2, -0.15) is 0 Å². The number of hydrogen-bond donors (Lipinski definition) is 1. The first kappa shape index (κ1) is 20.1. The third kappa shape index (κ3) is 5.38. The van der Waals surface area contributed by atoms with Crippen molar-refractivity contribution in [3.05, 3.63) is 58.1 Å². The van der Waals surface area contributed by atoms with Crippen LogP contribution < -0.4 is 15.2 Å². The molecular weight excluding hydrogens is 354 g/mol. The quantitative estimate of drug-likeness (QED) is 0.711. The van der Waals surface area contributed by atoms with Gasteiger partial charge in [-0.05, 0) is 55.7 Å². The van der Waals surface area contributed by atoms with Crippen LogP contribution in [0.4, 0.5) is 0 Å². The van der Waals surface area contributed by atoms with E-state index >= 15 is 0 Å². The molecule has 0 aliphatic carbocycles. The van der Waals surface area contributed by atoms with E-state index in [1.54, 1.807) is 14.0 Å².